The van der Waals surface area contributed by atoms with E-state index in [-0.39, 0.29) is 18.9 Å². The van der Waals surface area contributed by atoms with Crippen LogP contribution < -0.4 is 10.6 Å². The van der Waals surface area contributed by atoms with Gasteiger partial charge in [-0.2, -0.15) is 8.78 Å². The molecular formula is C18H17F4N3O3. The van der Waals surface area contributed by atoms with Crippen LogP contribution in [0.5, 0.6) is 0 Å². The number of nitrogens with zero attached hydrogens (tertiary/aromatic N) is 1. The first kappa shape index (κ1) is 19.8. The van der Waals surface area contributed by atoms with E-state index in [9.17, 15) is 31.9 Å². The monoisotopic (exact) mass is 399 g/mol. The zero-order chi connectivity index (χ0) is 20.6. The molecule has 1 aromatic carbocycles. The van der Waals surface area contributed by atoms with E-state index >= 15 is 0 Å². The SMILES string of the molecule is C=C1c2ccc(CNC(=O)C(F)(F)C(F)F)cc2CN1C1CCC(=O)NC1=O. The molecule has 0 aliphatic carbocycles. The molecule has 1 unspecified atom stereocenters. The van der Waals surface area contributed by atoms with Gasteiger partial charge >= 0.3 is 12.3 Å². The van der Waals surface area contributed by atoms with Crippen LogP contribution >= 0.6 is 0 Å². The molecule has 0 saturated carbocycles. The molecule has 150 valence electrons. The van der Waals surface area contributed by atoms with Crippen LogP contribution in [0, 0.1) is 0 Å². The average molecular weight is 399 g/mol. The summed E-state index contributed by atoms with van der Waals surface area (Å²) in [4.78, 5) is 36.4. The first-order valence-electron chi connectivity index (χ1n) is 8.47. The van der Waals surface area contributed by atoms with Crippen molar-refractivity contribution in [1.29, 1.82) is 0 Å². The van der Waals surface area contributed by atoms with Gasteiger partial charge in [-0.3, -0.25) is 19.7 Å². The minimum Gasteiger partial charge on any atom is -0.355 e. The second kappa shape index (κ2) is 7.25. The minimum atomic E-state index is -4.76. The number of fused-ring (bicyclic) bond motifs is 1. The van der Waals surface area contributed by atoms with Crippen molar-refractivity contribution in [3.8, 4) is 0 Å². The number of hydrogen-bond donors (Lipinski definition) is 2. The predicted molar refractivity (Wildman–Crippen MR) is 90.0 cm³/mol. The van der Waals surface area contributed by atoms with Gasteiger partial charge in [-0.15, -0.1) is 0 Å². The summed E-state index contributed by atoms with van der Waals surface area (Å²) < 4.78 is 50.4. The Bertz CT molecular complexity index is 856. The van der Waals surface area contributed by atoms with Gasteiger partial charge < -0.3 is 10.2 Å². The number of piperidine rings is 1. The summed E-state index contributed by atoms with van der Waals surface area (Å²) in [6, 6.07) is 4.30. The number of amides is 3. The van der Waals surface area contributed by atoms with Crippen molar-refractivity contribution in [3.63, 3.8) is 0 Å². The van der Waals surface area contributed by atoms with E-state index in [2.05, 4.69) is 11.9 Å². The van der Waals surface area contributed by atoms with Crippen molar-refractivity contribution in [2.24, 2.45) is 0 Å². The van der Waals surface area contributed by atoms with Gasteiger partial charge in [0.05, 0.1) is 0 Å². The number of carbonyl (C=O) groups is 3. The summed E-state index contributed by atoms with van der Waals surface area (Å²) in [5, 5.41) is 4.08. The van der Waals surface area contributed by atoms with Crippen LogP contribution in [0.1, 0.15) is 29.5 Å². The van der Waals surface area contributed by atoms with Gasteiger partial charge in [0.2, 0.25) is 11.8 Å². The fraction of sp³-hybridized carbons (Fsp3) is 0.389. The first-order valence-corrected chi connectivity index (χ1v) is 8.47. The van der Waals surface area contributed by atoms with Crippen molar-refractivity contribution in [2.75, 3.05) is 0 Å². The zero-order valence-corrected chi connectivity index (χ0v) is 14.6. The topological polar surface area (TPSA) is 78.5 Å². The highest BCUT2D eigenvalue weighted by molar-refractivity contribution is 6.01. The number of imide groups is 1. The molecule has 3 rings (SSSR count). The van der Waals surface area contributed by atoms with Crippen molar-refractivity contribution in [2.45, 2.75) is 44.3 Å². The fourth-order valence-electron chi connectivity index (χ4n) is 3.28. The van der Waals surface area contributed by atoms with Crippen molar-refractivity contribution >= 4 is 23.4 Å². The van der Waals surface area contributed by atoms with E-state index in [1.54, 1.807) is 28.4 Å². The molecule has 0 bridgehead atoms. The number of alkyl halides is 4. The highest BCUT2D eigenvalue weighted by Crippen LogP contribution is 2.35. The van der Waals surface area contributed by atoms with Crippen molar-refractivity contribution in [3.05, 3.63) is 41.5 Å². The molecule has 0 spiro atoms. The Morgan fingerprint density at radius 3 is 2.71 bits per heavy atom. The van der Waals surface area contributed by atoms with E-state index in [1.807, 2.05) is 0 Å². The number of nitrogens with one attached hydrogen (secondary N) is 2. The largest absolute Gasteiger partial charge is 0.383 e. The fourth-order valence-corrected chi connectivity index (χ4v) is 3.28. The van der Waals surface area contributed by atoms with Gasteiger partial charge in [0.1, 0.15) is 6.04 Å². The molecule has 3 amide bonds. The Hall–Kier alpha value is -2.91. The minimum absolute atomic E-state index is 0.214. The molecule has 2 heterocycles. The summed E-state index contributed by atoms with van der Waals surface area (Å²) in [6.45, 7) is 3.94. The van der Waals surface area contributed by atoms with Crippen LogP contribution in [-0.4, -0.2) is 41.0 Å². The summed E-state index contributed by atoms with van der Waals surface area (Å²) in [5.74, 6) is -7.54. The third-order valence-electron chi connectivity index (χ3n) is 4.78. The molecule has 1 atom stereocenters. The van der Waals surface area contributed by atoms with Crippen LogP contribution in [0.15, 0.2) is 24.8 Å². The molecule has 1 aromatic rings. The lowest BCUT2D eigenvalue weighted by Crippen LogP contribution is -2.50. The van der Waals surface area contributed by atoms with Gasteiger partial charge in [0.15, 0.2) is 0 Å². The van der Waals surface area contributed by atoms with Crippen LogP contribution in [0.25, 0.3) is 5.70 Å². The second-order valence-corrected chi connectivity index (χ2v) is 6.64. The smallest absolute Gasteiger partial charge is 0.355 e. The molecule has 1 saturated heterocycles. The van der Waals surface area contributed by atoms with Gasteiger partial charge in [-0.05, 0) is 17.5 Å². The molecule has 0 aromatic heterocycles. The zero-order valence-electron chi connectivity index (χ0n) is 14.6. The molecule has 2 N–H and O–H groups in total. The maximum atomic E-state index is 13.0. The van der Waals surface area contributed by atoms with Crippen LogP contribution in [0.2, 0.25) is 0 Å². The normalized spacial score (nSPS) is 19.7. The Morgan fingerprint density at radius 1 is 1.36 bits per heavy atom. The lowest BCUT2D eigenvalue weighted by Gasteiger charge is -2.31. The maximum absolute atomic E-state index is 13.0. The predicted octanol–water partition coefficient (Wildman–Crippen LogP) is 1.79. The molecule has 6 nitrogen and oxygen atoms in total. The molecule has 0 radical (unpaired) electrons. The third kappa shape index (κ3) is 3.58. The first-order chi connectivity index (χ1) is 13.1. The summed E-state index contributed by atoms with van der Waals surface area (Å²) in [5.41, 5.74) is 2.53. The number of benzene rings is 1. The van der Waals surface area contributed by atoms with Gasteiger partial charge in [-0.1, -0.05) is 24.8 Å². The third-order valence-corrected chi connectivity index (χ3v) is 4.78. The molecule has 28 heavy (non-hydrogen) atoms. The second-order valence-electron chi connectivity index (χ2n) is 6.64. The Labute approximate surface area is 157 Å². The number of rotatable bonds is 5. The number of hydrogen-bond acceptors (Lipinski definition) is 4. The van der Waals surface area contributed by atoms with Crippen LogP contribution in [0.3, 0.4) is 0 Å². The number of halogens is 4. The Balaban J connectivity index is 1.69. The summed E-state index contributed by atoms with van der Waals surface area (Å²) in [7, 11) is 0. The van der Waals surface area contributed by atoms with Gasteiger partial charge in [-0.25, -0.2) is 8.78 Å². The summed E-state index contributed by atoms with van der Waals surface area (Å²) >= 11 is 0. The van der Waals surface area contributed by atoms with Crippen molar-refractivity contribution < 1.29 is 31.9 Å². The van der Waals surface area contributed by atoms with E-state index in [1.165, 1.54) is 0 Å². The highest BCUT2D eigenvalue weighted by atomic mass is 19.3. The maximum Gasteiger partial charge on any atom is 0.383 e. The van der Waals surface area contributed by atoms with E-state index in [0.717, 1.165) is 11.1 Å². The molecule has 10 heteroatoms. The molecule has 2 aliphatic rings. The lowest BCUT2D eigenvalue weighted by atomic mass is 10.0. The molecule has 2 aliphatic heterocycles. The summed E-state index contributed by atoms with van der Waals surface area (Å²) in [6.07, 6.45) is -3.52. The standard InChI is InChI=1S/C18H17F4N3O3/c1-9-12-3-2-10(7-23-17(28)18(21,22)16(19)20)6-11(12)8-25(9)13-4-5-14(26)24-15(13)27/h2-3,6,13,16H,1,4-5,7-8H2,(H,23,28)(H,24,26,27). The van der Waals surface area contributed by atoms with Gasteiger partial charge in [0.25, 0.3) is 5.91 Å². The Morgan fingerprint density at radius 2 is 2.07 bits per heavy atom. The number of carbonyl (C=O) groups excluding carboxylic acids is 3. The van der Waals surface area contributed by atoms with E-state index < -0.39 is 30.2 Å². The van der Waals surface area contributed by atoms with Crippen molar-refractivity contribution in [1.82, 2.24) is 15.5 Å². The van der Waals surface area contributed by atoms with Crippen LogP contribution in [-0.2, 0) is 27.5 Å². The molecular weight excluding hydrogens is 382 g/mol. The Kier molecular flexibility index (Phi) is 5.14. The highest BCUT2D eigenvalue weighted by Gasteiger charge is 2.48. The van der Waals surface area contributed by atoms with Crippen LogP contribution in [0.4, 0.5) is 17.6 Å². The van der Waals surface area contributed by atoms with E-state index in [0.29, 0.717) is 24.2 Å². The quantitative estimate of drug-likeness (QED) is 0.585. The van der Waals surface area contributed by atoms with Gasteiger partial charge in [0, 0.05) is 30.8 Å². The van der Waals surface area contributed by atoms with E-state index in [4.69, 9.17) is 0 Å². The average Bonchev–Trinajstić information content (AvgIpc) is 2.95. The molecule has 1 fully saturated rings. The lowest BCUT2D eigenvalue weighted by molar-refractivity contribution is -0.169.